The number of para-hydroxylation sites is 1. The van der Waals surface area contributed by atoms with Crippen LogP contribution in [0.4, 0.5) is 5.69 Å². The highest BCUT2D eigenvalue weighted by Gasteiger charge is 2.12. The summed E-state index contributed by atoms with van der Waals surface area (Å²) in [5, 5.41) is 3.23. The minimum atomic E-state index is -0.716. The van der Waals surface area contributed by atoms with E-state index in [0.717, 1.165) is 12.0 Å². The number of amides is 3. The van der Waals surface area contributed by atoms with Gasteiger partial charge in [-0.05, 0) is 42.3 Å². The number of esters is 1. The molecule has 158 valence electrons. The molecule has 8 nitrogen and oxygen atoms in total. The van der Waals surface area contributed by atoms with Crippen molar-refractivity contribution in [3.63, 3.8) is 0 Å². The summed E-state index contributed by atoms with van der Waals surface area (Å²) in [5.41, 5.74) is 6.32. The lowest BCUT2D eigenvalue weighted by molar-refractivity contribution is -0.149. The van der Waals surface area contributed by atoms with Crippen molar-refractivity contribution in [2.75, 3.05) is 11.9 Å². The van der Waals surface area contributed by atoms with E-state index < -0.39 is 24.4 Å². The Bertz CT molecular complexity index is 915. The molecule has 0 saturated carbocycles. The summed E-state index contributed by atoms with van der Waals surface area (Å²) in [5.74, 6) is -2.29. The average molecular weight is 432 g/mol. The molecule has 0 aliphatic rings. The predicted octanol–water partition coefficient (Wildman–Crippen LogP) is 2.63. The summed E-state index contributed by atoms with van der Waals surface area (Å²) in [6, 6.07) is 13.5. The summed E-state index contributed by atoms with van der Waals surface area (Å²) in [6.45, 7) is 1.39. The van der Waals surface area contributed by atoms with Gasteiger partial charge in [0.05, 0.1) is 6.42 Å². The minimum Gasteiger partial charge on any atom is -0.455 e. The van der Waals surface area contributed by atoms with Gasteiger partial charge in [-0.1, -0.05) is 36.7 Å². The van der Waals surface area contributed by atoms with Crippen molar-refractivity contribution in [3.05, 3.63) is 64.7 Å². The Morgan fingerprint density at radius 3 is 2.30 bits per heavy atom. The van der Waals surface area contributed by atoms with Crippen LogP contribution in [0.2, 0.25) is 5.02 Å². The summed E-state index contributed by atoms with van der Waals surface area (Å²) in [4.78, 5) is 47.3. The van der Waals surface area contributed by atoms with Crippen molar-refractivity contribution >= 4 is 41.0 Å². The lowest BCUT2D eigenvalue weighted by Crippen LogP contribution is -2.43. The van der Waals surface area contributed by atoms with Gasteiger partial charge in [0, 0.05) is 22.7 Å². The number of aryl methyl sites for hydroxylation is 1. The first-order valence-corrected chi connectivity index (χ1v) is 9.65. The lowest BCUT2D eigenvalue weighted by atomic mass is 10.1. The average Bonchev–Trinajstić information content (AvgIpc) is 2.75. The molecule has 0 fully saturated rings. The fourth-order valence-electron chi connectivity index (χ4n) is 2.43. The molecule has 2 aromatic carbocycles. The van der Waals surface area contributed by atoms with Crippen molar-refractivity contribution in [2.24, 2.45) is 0 Å². The van der Waals surface area contributed by atoms with E-state index in [2.05, 4.69) is 16.2 Å². The lowest BCUT2D eigenvalue weighted by Gasteiger charge is -2.10. The van der Waals surface area contributed by atoms with E-state index in [9.17, 15) is 19.2 Å². The molecule has 0 aromatic heterocycles. The highest BCUT2D eigenvalue weighted by Crippen LogP contribution is 2.15. The number of carbonyl (C=O) groups excluding carboxylic acids is 4. The van der Waals surface area contributed by atoms with E-state index >= 15 is 0 Å². The summed E-state index contributed by atoms with van der Waals surface area (Å²) < 4.78 is 4.80. The van der Waals surface area contributed by atoms with E-state index in [4.69, 9.17) is 16.3 Å². The zero-order valence-electron chi connectivity index (χ0n) is 16.4. The highest BCUT2D eigenvalue weighted by atomic mass is 35.5. The van der Waals surface area contributed by atoms with E-state index in [1.54, 1.807) is 6.07 Å². The van der Waals surface area contributed by atoms with E-state index in [-0.39, 0.29) is 18.7 Å². The SMILES string of the molecule is CCc1ccccc1NC(=O)CCC(=O)OCC(=O)NNC(=O)c1ccc(Cl)cc1. The van der Waals surface area contributed by atoms with Crippen LogP contribution in [0.1, 0.15) is 35.7 Å². The molecular formula is C21H22ClN3O5. The summed E-state index contributed by atoms with van der Waals surface area (Å²) >= 11 is 5.74. The second-order valence-corrected chi connectivity index (χ2v) is 6.67. The first-order chi connectivity index (χ1) is 14.4. The van der Waals surface area contributed by atoms with Gasteiger partial charge < -0.3 is 10.1 Å². The standard InChI is InChI=1S/C21H22ClN3O5/c1-2-14-5-3-4-6-17(14)23-18(26)11-12-20(28)30-13-19(27)24-25-21(29)15-7-9-16(22)10-8-15/h3-10H,2,11-13H2,1H3,(H,23,26)(H,24,27)(H,25,29). The Labute approximate surface area is 178 Å². The van der Waals surface area contributed by atoms with Gasteiger partial charge in [0.25, 0.3) is 11.8 Å². The fraction of sp³-hybridized carbons (Fsp3) is 0.238. The first kappa shape index (κ1) is 22.9. The second-order valence-electron chi connectivity index (χ2n) is 6.23. The number of ether oxygens (including phenoxy) is 1. The van der Waals surface area contributed by atoms with Crippen molar-refractivity contribution in [1.29, 1.82) is 0 Å². The smallest absolute Gasteiger partial charge is 0.306 e. The molecule has 0 bridgehead atoms. The Balaban J connectivity index is 1.66. The van der Waals surface area contributed by atoms with Gasteiger partial charge in [-0.15, -0.1) is 0 Å². The summed E-state index contributed by atoms with van der Waals surface area (Å²) in [6.07, 6.45) is 0.512. The number of nitrogens with one attached hydrogen (secondary N) is 3. The number of carbonyl (C=O) groups is 4. The molecule has 0 spiro atoms. The maximum absolute atomic E-state index is 12.0. The number of hydrazine groups is 1. The Morgan fingerprint density at radius 2 is 1.60 bits per heavy atom. The van der Waals surface area contributed by atoms with Crippen molar-refractivity contribution in [2.45, 2.75) is 26.2 Å². The molecular weight excluding hydrogens is 410 g/mol. The molecule has 0 atom stereocenters. The van der Waals surface area contributed by atoms with E-state index in [1.165, 1.54) is 24.3 Å². The number of hydrogen-bond donors (Lipinski definition) is 3. The molecule has 0 aliphatic heterocycles. The second kappa shape index (κ2) is 11.6. The molecule has 3 N–H and O–H groups in total. The van der Waals surface area contributed by atoms with Gasteiger partial charge >= 0.3 is 5.97 Å². The minimum absolute atomic E-state index is 0.0776. The van der Waals surface area contributed by atoms with Crippen LogP contribution in [0.5, 0.6) is 0 Å². The van der Waals surface area contributed by atoms with Crippen LogP contribution < -0.4 is 16.2 Å². The van der Waals surface area contributed by atoms with Crippen molar-refractivity contribution in [1.82, 2.24) is 10.9 Å². The maximum atomic E-state index is 12.0. The number of benzene rings is 2. The zero-order chi connectivity index (χ0) is 21.9. The van der Waals surface area contributed by atoms with Gasteiger partial charge in [0.15, 0.2) is 6.61 Å². The third-order valence-corrected chi connectivity index (χ3v) is 4.27. The number of halogens is 1. The van der Waals surface area contributed by atoms with Crippen LogP contribution in [0.3, 0.4) is 0 Å². The molecule has 0 aliphatic carbocycles. The van der Waals surface area contributed by atoms with Crippen molar-refractivity contribution < 1.29 is 23.9 Å². The normalized spacial score (nSPS) is 10.1. The highest BCUT2D eigenvalue weighted by molar-refractivity contribution is 6.30. The number of rotatable bonds is 8. The van der Waals surface area contributed by atoms with E-state index in [1.807, 2.05) is 25.1 Å². The van der Waals surface area contributed by atoms with Crippen LogP contribution in [-0.2, 0) is 25.5 Å². The topological polar surface area (TPSA) is 114 Å². The Kier molecular flexibility index (Phi) is 8.83. The van der Waals surface area contributed by atoms with Gasteiger partial charge in [-0.3, -0.25) is 30.0 Å². The molecule has 2 aromatic rings. The van der Waals surface area contributed by atoms with Gasteiger partial charge in [0.2, 0.25) is 5.91 Å². The molecule has 0 heterocycles. The number of hydrogen-bond acceptors (Lipinski definition) is 5. The quantitative estimate of drug-likeness (QED) is 0.439. The first-order valence-electron chi connectivity index (χ1n) is 9.27. The van der Waals surface area contributed by atoms with Crippen LogP contribution in [0, 0.1) is 0 Å². The van der Waals surface area contributed by atoms with Crippen LogP contribution in [0.25, 0.3) is 0 Å². The van der Waals surface area contributed by atoms with Crippen molar-refractivity contribution in [3.8, 4) is 0 Å². The molecule has 3 amide bonds. The van der Waals surface area contributed by atoms with Crippen LogP contribution in [0.15, 0.2) is 48.5 Å². The zero-order valence-corrected chi connectivity index (χ0v) is 17.1. The monoisotopic (exact) mass is 431 g/mol. The van der Waals surface area contributed by atoms with E-state index in [0.29, 0.717) is 16.3 Å². The third kappa shape index (κ3) is 7.56. The Hall–Kier alpha value is -3.39. The summed E-state index contributed by atoms with van der Waals surface area (Å²) in [7, 11) is 0. The van der Waals surface area contributed by atoms with Gasteiger partial charge in [0.1, 0.15) is 0 Å². The largest absolute Gasteiger partial charge is 0.455 e. The van der Waals surface area contributed by atoms with Crippen LogP contribution >= 0.6 is 11.6 Å². The third-order valence-electron chi connectivity index (χ3n) is 4.01. The predicted molar refractivity (Wildman–Crippen MR) is 112 cm³/mol. The Morgan fingerprint density at radius 1 is 0.900 bits per heavy atom. The molecule has 9 heteroatoms. The number of anilines is 1. The van der Waals surface area contributed by atoms with Crippen LogP contribution in [-0.4, -0.2) is 30.3 Å². The van der Waals surface area contributed by atoms with Gasteiger partial charge in [-0.25, -0.2) is 0 Å². The molecule has 0 radical (unpaired) electrons. The molecule has 0 unspecified atom stereocenters. The molecule has 30 heavy (non-hydrogen) atoms. The van der Waals surface area contributed by atoms with Gasteiger partial charge in [-0.2, -0.15) is 0 Å². The fourth-order valence-corrected chi connectivity index (χ4v) is 2.56. The molecule has 0 saturated heterocycles. The molecule has 2 rings (SSSR count). The maximum Gasteiger partial charge on any atom is 0.306 e.